The number of hydrogen-bond donors (Lipinski definition) is 1. The number of alkyl halides is 3. The monoisotopic (exact) mass is 407 g/mol. The number of aliphatic carboxylic acids is 1. The van der Waals surface area contributed by atoms with Crippen molar-refractivity contribution in [3.05, 3.63) is 65.7 Å². The Labute approximate surface area is 167 Å². The third kappa shape index (κ3) is 5.73. The molecule has 156 valence electrons. The molecule has 1 aliphatic heterocycles. The quantitative estimate of drug-likeness (QED) is 0.689. The highest BCUT2D eigenvalue weighted by atomic mass is 19.4. The SMILES string of the molecule is O=C(O)C1CCCCN1CCC(Oc1ccc(C(F)(F)F)cc1)c1ccccc1. The molecule has 1 aliphatic rings. The van der Waals surface area contributed by atoms with E-state index in [0.29, 0.717) is 25.1 Å². The molecule has 7 heteroatoms. The summed E-state index contributed by atoms with van der Waals surface area (Å²) in [4.78, 5) is 13.5. The summed E-state index contributed by atoms with van der Waals surface area (Å²) in [7, 11) is 0. The molecular weight excluding hydrogens is 383 g/mol. The van der Waals surface area contributed by atoms with Crippen LogP contribution in [0.4, 0.5) is 13.2 Å². The van der Waals surface area contributed by atoms with E-state index in [-0.39, 0.29) is 6.10 Å². The van der Waals surface area contributed by atoms with E-state index in [4.69, 9.17) is 4.74 Å². The number of carboxylic acid groups (broad SMARTS) is 1. The predicted octanol–water partition coefficient (Wildman–Crippen LogP) is 5.15. The second kappa shape index (κ2) is 9.31. The average Bonchev–Trinajstić information content (AvgIpc) is 2.71. The number of likely N-dealkylation sites (tertiary alicyclic amines) is 1. The van der Waals surface area contributed by atoms with Gasteiger partial charge in [0.15, 0.2) is 0 Å². The first-order valence-electron chi connectivity index (χ1n) is 9.70. The summed E-state index contributed by atoms with van der Waals surface area (Å²) in [6.07, 6.45) is -1.75. The zero-order chi connectivity index (χ0) is 20.9. The Bertz CT molecular complexity index is 793. The van der Waals surface area contributed by atoms with Crippen LogP contribution in [0.5, 0.6) is 5.75 Å². The standard InChI is InChI=1S/C22H24F3NO3/c23-22(24,25)17-9-11-18(12-10-17)29-20(16-6-2-1-3-7-16)13-15-26-14-5-4-8-19(26)21(27)28/h1-3,6-7,9-12,19-20H,4-5,8,13-15H2,(H,27,28). The molecule has 1 heterocycles. The van der Waals surface area contributed by atoms with Crippen molar-refractivity contribution in [1.29, 1.82) is 0 Å². The van der Waals surface area contributed by atoms with Crippen molar-refractivity contribution in [1.82, 2.24) is 4.90 Å². The van der Waals surface area contributed by atoms with E-state index in [2.05, 4.69) is 0 Å². The summed E-state index contributed by atoms with van der Waals surface area (Å²) < 4.78 is 44.4. The van der Waals surface area contributed by atoms with Crippen LogP contribution in [0, 0.1) is 0 Å². The molecule has 29 heavy (non-hydrogen) atoms. The second-order valence-electron chi connectivity index (χ2n) is 7.21. The van der Waals surface area contributed by atoms with E-state index in [1.54, 1.807) is 0 Å². The van der Waals surface area contributed by atoms with Gasteiger partial charge in [-0.1, -0.05) is 36.8 Å². The number of hydrogen-bond acceptors (Lipinski definition) is 3. The van der Waals surface area contributed by atoms with E-state index < -0.39 is 23.8 Å². The highest BCUT2D eigenvalue weighted by Crippen LogP contribution is 2.32. The molecule has 1 fully saturated rings. The first-order valence-corrected chi connectivity index (χ1v) is 9.70. The molecule has 3 rings (SSSR count). The van der Waals surface area contributed by atoms with E-state index in [9.17, 15) is 23.1 Å². The van der Waals surface area contributed by atoms with Crippen molar-refractivity contribution in [3.8, 4) is 5.75 Å². The van der Waals surface area contributed by atoms with Gasteiger partial charge in [-0.2, -0.15) is 13.2 Å². The van der Waals surface area contributed by atoms with Crippen LogP contribution in [-0.2, 0) is 11.0 Å². The number of halogens is 3. The summed E-state index contributed by atoms with van der Waals surface area (Å²) in [6, 6.07) is 13.6. The maximum absolute atomic E-state index is 12.8. The number of nitrogens with zero attached hydrogens (tertiary/aromatic N) is 1. The van der Waals surface area contributed by atoms with Gasteiger partial charge in [-0.25, -0.2) is 0 Å². The van der Waals surface area contributed by atoms with Gasteiger partial charge in [0.2, 0.25) is 0 Å². The molecule has 2 aromatic rings. The molecule has 2 unspecified atom stereocenters. The molecule has 0 spiro atoms. The van der Waals surface area contributed by atoms with Gasteiger partial charge in [0, 0.05) is 13.0 Å². The summed E-state index contributed by atoms with van der Waals surface area (Å²) in [5.74, 6) is -0.468. The Balaban J connectivity index is 1.72. The van der Waals surface area contributed by atoms with Crippen LogP contribution in [0.3, 0.4) is 0 Å². The van der Waals surface area contributed by atoms with Gasteiger partial charge in [-0.15, -0.1) is 0 Å². The van der Waals surface area contributed by atoms with Crippen LogP contribution in [0.2, 0.25) is 0 Å². The number of benzene rings is 2. The smallest absolute Gasteiger partial charge is 0.416 e. The number of piperidine rings is 1. The summed E-state index contributed by atoms with van der Waals surface area (Å²) in [5.41, 5.74) is 0.176. The van der Waals surface area contributed by atoms with Crippen molar-refractivity contribution in [2.75, 3.05) is 13.1 Å². The Kier molecular flexibility index (Phi) is 6.79. The largest absolute Gasteiger partial charge is 0.486 e. The minimum atomic E-state index is -4.39. The van der Waals surface area contributed by atoms with Gasteiger partial charge in [0.25, 0.3) is 0 Å². The number of rotatable bonds is 7. The van der Waals surface area contributed by atoms with Crippen LogP contribution < -0.4 is 4.74 Å². The third-order valence-electron chi connectivity index (χ3n) is 5.21. The van der Waals surface area contributed by atoms with E-state index in [1.807, 2.05) is 35.2 Å². The Morgan fingerprint density at radius 1 is 1.10 bits per heavy atom. The van der Waals surface area contributed by atoms with Crippen molar-refractivity contribution >= 4 is 5.97 Å². The molecule has 1 saturated heterocycles. The lowest BCUT2D eigenvalue weighted by Gasteiger charge is -2.34. The molecule has 0 bridgehead atoms. The van der Waals surface area contributed by atoms with Crippen LogP contribution >= 0.6 is 0 Å². The first-order chi connectivity index (χ1) is 13.8. The summed E-state index contributed by atoms with van der Waals surface area (Å²) >= 11 is 0. The first kappa shape index (κ1) is 21.2. The molecular formula is C22H24F3NO3. The minimum absolute atomic E-state index is 0.347. The van der Waals surface area contributed by atoms with Crippen LogP contribution in [0.15, 0.2) is 54.6 Å². The number of ether oxygens (including phenoxy) is 1. The summed E-state index contributed by atoms with van der Waals surface area (Å²) in [6.45, 7) is 1.26. The lowest BCUT2D eigenvalue weighted by molar-refractivity contribution is -0.144. The number of carboxylic acids is 1. The maximum atomic E-state index is 12.8. The fourth-order valence-corrected chi connectivity index (χ4v) is 3.67. The van der Waals surface area contributed by atoms with Gasteiger partial charge >= 0.3 is 12.1 Å². The molecule has 0 radical (unpaired) electrons. The highest BCUT2D eigenvalue weighted by Gasteiger charge is 2.31. The molecule has 0 aliphatic carbocycles. The van der Waals surface area contributed by atoms with Crippen LogP contribution in [-0.4, -0.2) is 35.1 Å². The van der Waals surface area contributed by atoms with E-state index >= 15 is 0 Å². The fraction of sp³-hybridized carbons (Fsp3) is 0.409. The molecule has 2 atom stereocenters. The van der Waals surface area contributed by atoms with Crippen molar-refractivity contribution in [3.63, 3.8) is 0 Å². The van der Waals surface area contributed by atoms with Gasteiger partial charge in [-0.3, -0.25) is 9.69 Å². The lowest BCUT2D eigenvalue weighted by Crippen LogP contribution is -2.45. The maximum Gasteiger partial charge on any atom is 0.416 e. The molecule has 1 N–H and O–H groups in total. The zero-order valence-corrected chi connectivity index (χ0v) is 15.9. The number of carbonyl (C=O) groups is 1. The van der Waals surface area contributed by atoms with Crippen molar-refractivity contribution < 1.29 is 27.8 Å². The normalized spacial score (nSPS) is 18.9. The Morgan fingerprint density at radius 3 is 2.41 bits per heavy atom. The Morgan fingerprint density at radius 2 is 1.79 bits per heavy atom. The molecule has 0 aromatic heterocycles. The third-order valence-corrected chi connectivity index (χ3v) is 5.21. The van der Waals surface area contributed by atoms with Crippen molar-refractivity contribution in [2.45, 2.75) is 44.0 Å². The summed E-state index contributed by atoms with van der Waals surface area (Å²) in [5, 5.41) is 9.45. The second-order valence-corrected chi connectivity index (χ2v) is 7.21. The minimum Gasteiger partial charge on any atom is -0.486 e. The van der Waals surface area contributed by atoms with E-state index in [1.165, 1.54) is 12.1 Å². The van der Waals surface area contributed by atoms with Gasteiger partial charge in [0.05, 0.1) is 5.56 Å². The molecule has 0 amide bonds. The Hall–Kier alpha value is -2.54. The lowest BCUT2D eigenvalue weighted by atomic mass is 10.0. The van der Waals surface area contributed by atoms with Crippen molar-refractivity contribution in [2.24, 2.45) is 0 Å². The fourth-order valence-electron chi connectivity index (χ4n) is 3.67. The van der Waals surface area contributed by atoms with Gasteiger partial charge in [-0.05, 0) is 49.2 Å². The van der Waals surface area contributed by atoms with E-state index in [0.717, 1.165) is 37.1 Å². The molecule has 0 saturated carbocycles. The zero-order valence-electron chi connectivity index (χ0n) is 15.9. The highest BCUT2D eigenvalue weighted by molar-refractivity contribution is 5.73. The molecule has 2 aromatic carbocycles. The van der Waals surface area contributed by atoms with Crippen LogP contribution in [0.25, 0.3) is 0 Å². The molecule has 4 nitrogen and oxygen atoms in total. The van der Waals surface area contributed by atoms with Gasteiger partial charge < -0.3 is 9.84 Å². The van der Waals surface area contributed by atoms with Crippen LogP contribution in [0.1, 0.15) is 42.9 Å². The van der Waals surface area contributed by atoms with Gasteiger partial charge in [0.1, 0.15) is 17.9 Å². The topological polar surface area (TPSA) is 49.8 Å². The average molecular weight is 407 g/mol. The predicted molar refractivity (Wildman–Crippen MR) is 103 cm³/mol.